The normalized spacial score (nSPS) is 20.4. The van der Waals surface area contributed by atoms with Crippen molar-refractivity contribution in [3.05, 3.63) is 65.9 Å². The van der Waals surface area contributed by atoms with Crippen molar-refractivity contribution in [2.45, 2.75) is 25.0 Å². The van der Waals surface area contributed by atoms with Gasteiger partial charge in [-0.3, -0.25) is 9.88 Å². The van der Waals surface area contributed by atoms with Gasteiger partial charge in [-0.15, -0.1) is 0 Å². The van der Waals surface area contributed by atoms with Crippen LogP contribution >= 0.6 is 11.6 Å². The molecule has 12 heteroatoms. The fraction of sp³-hybridized carbons (Fsp3) is 0.321. The summed E-state index contributed by atoms with van der Waals surface area (Å²) in [6, 6.07) is 15.3. The summed E-state index contributed by atoms with van der Waals surface area (Å²) in [5.41, 5.74) is 2.40. The van der Waals surface area contributed by atoms with Gasteiger partial charge in [0.15, 0.2) is 21.3 Å². The SMILES string of the molecule is COc1cc(Nc2nccc(Nc3cnc4ccc(Cl)cc4c3)n2)ccc1OC1CC(N2CCS(=O)(=O)CC2)C1. The molecule has 0 amide bonds. The minimum Gasteiger partial charge on any atom is -0.493 e. The third kappa shape index (κ3) is 6.06. The number of halogens is 1. The molecule has 0 spiro atoms. The molecule has 1 aliphatic carbocycles. The number of ether oxygens (including phenoxy) is 2. The molecule has 10 nitrogen and oxygen atoms in total. The molecule has 1 saturated carbocycles. The van der Waals surface area contributed by atoms with E-state index in [4.69, 9.17) is 21.1 Å². The zero-order chi connectivity index (χ0) is 27.7. The smallest absolute Gasteiger partial charge is 0.229 e. The Labute approximate surface area is 237 Å². The van der Waals surface area contributed by atoms with Crippen LogP contribution in [0.2, 0.25) is 5.02 Å². The van der Waals surface area contributed by atoms with Crippen molar-refractivity contribution in [1.29, 1.82) is 0 Å². The summed E-state index contributed by atoms with van der Waals surface area (Å²) < 4.78 is 35.2. The highest BCUT2D eigenvalue weighted by atomic mass is 35.5. The van der Waals surface area contributed by atoms with Crippen LogP contribution in [-0.4, -0.2) is 72.1 Å². The first kappa shape index (κ1) is 26.5. The lowest BCUT2D eigenvalue weighted by molar-refractivity contribution is 0.0198. The maximum absolute atomic E-state index is 11.7. The summed E-state index contributed by atoms with van der Waals surface area (Å²) >= 11 is 6.13. The van der Waals surface area contributed by atoms with E-state index in [9.17, 15) is 8.42 Å². The molecule has 2 N–H and O–H groups in total. The first-order valence-electron chi connectivity index (χ1n) is 13.1. The van der Waals surface area contributed by atoms with Gasteiger partial charge in [-0.2, -0.15) is 4.98 Å². The molecule has 208 valence electrons. The van der Waals surface area contributed by atoms with Crippen molar-refractivity contribution in [2.24, 2.45) is 0 Å². The van der Waals surface area contributed by atoms with Gasteiger partial charge in [0.05, 0.1) is 36.0 Å². The molecule has 1 aliphatic heterocycles. The van der Waals surface area contributed by atoms with Crippen molar-refractivity contribution in [2.75, 3.05) is 42.3 Å². The van der Waals surface area contributed by atoms with Gasteiger partial charge in [0, 0.05) is 60.3 Å². The molecule has 0 radical (unpaired) electrons. The van der Waals surface area contributed by atoms with E-state index >= 15 is 0 Å². The zero-order valence-electron chi connectivity index (χ0n) is 21.9. The highest BCUT2D eigenvalue weighted by Crippen LogP contribution is 2.36. The second-order valence-corrected chi connectivity index (χ2v) is 12.7. The second kappa shape index (κ2) is 11.1. The number of methoxy groups -OCH3 is 1. The zero-order valence-corrected chi connectivity index (χ0v) is 23.5. The van der Waals surface area contributed by atoms with Gasteiger partial charge in [0.1, 0.15) is 11.9 Å². The van der Waals surface area contributed by atoms with Gasteiger partial charge in [0.25, 0.3) is 0 Å². The maximum Gasteiger partial charge on any atom is 0.229 e. The van der Waals surface area contributed by atoms with Crippen LogP contribution in [0.5, 0.6) is 11.5 Å². The Kier molecular flexibility index (Phi) is 7.35. The number of hydrogen-bond acceptors (Lipinski definition) is 10. The molecule has 3 heterocycles. The lowest BCUT2D eigenvalue weighted by atomic mass is 9.87. The third-order valence-corrected chi connectivity index (χ3v) is 9.09. The average molecular weight is 581 g/mol. The van der Waals surface area contributed by atoms with Crippen molar-refractivity contribution in [1.82, 2.24) is 19.9 Å². The largest absolute Gasteiger partial charge is 0.493 e. The minimum absolute atomic E-state index is 0.0722. The Balaban J connectivity index is 1.07. The molecule has 1 saturated heterocycles. The highest BCUT2D eigenvalue weighted by Gasteiger charge is 2.37. The van der Waals surface area contributed by atoms with E-state index in [0.29, 0.717) is 47.4 Å². The summed E-state index contributed by atoms with van der Waals surface area (Å²) in [6.45, 7) is 1.21. The number of sulfone groups is 1. The van der Waals surface area contributed by atoms with Gasteiger partial charge in [0.2, 0.25) is 5.95 Å². The van der Waals surface area contributed by atoms with Crippen LogP contribution in [0, 0.1) is 0 Å². The number of benzene rings is 2. The maximum atomic E-state index is 11.7. The number of nitrogens with one attached hydrogen (secondary N) is 2. The van der Waals surface area contributed by atoms with Gasteiger partial charge in [-0.05, 0) is 42.5 Å². The number of aromatic nitrogens is 3. The van der Waals surface area contributed by atoms with Crippen molar-refractivity contribution < 1.29 is 17.9 Å². The van der Waals surface area contributed by atoms with E-state index in [0.717, 1.165) is 35.1 Å². The first-order chi connectivity index (χ1) is 19.3. The molecule has 0 bridgehead atoms. The number of fused-ring (bicyclic) bond motifs is 1. The van der Waals surface area contributed by atoms with Crippen LogP contribution in [0.1, 0.15) is 12.8 Å². The summed E-state index contributed by atoms with van der Waals surface area (Å²) in [5, 5.41) is 8.07. The van der Waals surface area contributed by atoms with E-state index < -0.39 is 9.84 Å². The van der Waals surface area contributed by atoms with Crippen LogP contribution in [-0.2, 0) is 9.84 Å². The van der Waals surface area contributed by atoms with E-state index in [-0.39, 0.29) is 17.6 Å². The Morgan fingerprint density at radius 3 is 2.58 bits per heavy atom. The van der Waals surface area contributed by atoms with E-state index in [1.54, 1.807) is 25.6 Å². The average Bonchev–Trinajstić information content (AvgIpc) is 2.91. The van der Waals surface area contributed by atoms with E-state index in [1.165, 1.54) is 0 Å². The van der Waals surface area contributed by atoms with Crippen LogP contribution in [0.3, 0.4) is 0 Å². The monoisotopic (exact) mass is 580 g/mol. The fourth-order valence-electron chi connectivity index (χ4n) is 4.98. The third-order valence-electron chi connectivity index (χ3n) is 7.25. The molecule has 4 aromatic rings. The quantitative estimate of drug-likeness (QED) is 0.300. The number of anilines is 4. The minimum atomic E-state index is -2.87. The topological polar surface area (TPSA) is 119 Å². The van der Waals surface area contributed by atoms with Crippen molar-refractivity contribution >= 4 is 55.5 Å². The summed E-state index contributed by atoms with van der Waals surface area (Å²) in [4.78, 5) is 15.6. The molecule has 6 rings (SSSR count). The second-order valence-electron chi connectivity index (χ2n) is 10.00. The van der Waals surface area contributed by atoms with Crippen LogP contribution in [0.4, 0.5) is 23.1 Å². The Bertz CT molecular complexity index is 1630. The van der Waals surface area contributed by atoms with Gasteiger partial charge >= 0.3 is 0 Å². The summed E-state index contributed by atoms with van der Waals surface area (Å²) in [7, 11) is -1.26. The van der Waals surface area contributed by atoms with Crippen LogP contribution < -0.4 is 20.1 Å². The Hall–Kier alpha value is -3.67. The van der Waals surface area contributed by atoms with E-state index in [1.807, 2.05) is 42.5 Å². The fourth-order valence-corrected chi connectivity index (χ4v) is 6.39. The number of hydrogen-bond donors (Lipinski definition) is 2. The molecule has 2 aliphatic rings. The molecular formula is C28H29ClN6O4S. The van der Waals surface area contributed by atoms with Crippen molar-refractivity contribution in [3.8, 4) is 11.5 Å². The number of nitrogens with zero attached hydrogens (tertiary/aromatic N) is 4. The lowest BCUT2D eigenvalue weighted by Crippen LogP contribution is -2.54. The van der Waals surface area contributed by atoms with Crippen LogP contribution in [0.15, 0.2) is 60.9 Å². The lowest BCUT2D eigenvalue weighted by Gasteiger charge is -2.44. The summed E-state index contributed by atoms with van der Waals surface area (Å²) in [5.74, 6) is 2.79. The Morgan fingerprint density at radius 1 is 0.950 bits per heavy atom. The molecule has 0 atom stereocenters. The van der Waals surface area contributed by atoms with Crippen molar-refractivity contribution in [3.63, 3.8) is 0 Å². The number of rotatable bonds is 8. The standard InChI is InChI=1S/C28H29ClN6O4S/c1-38-26-14-20(3-5-25(26)39-23-15-22(16-23)35-8-10-40(36,37)11-9-35)33-28-30-7-6-27(34-28)32-21-13-18-12-19(29)2-4-24(18)31-17-21/h2-7,12-14,17,22-23H,8-11,15-16H2,1H3,(H2,30,32,33,34). The molecule has 2 aromatic heterocycles. The molecule has 0 unspecified atom stereocenters. The van der Waals surface area contributed by atoms with Crippen LogP contribution in [0.25, 0.3) is 10.9 Å². The molecular weight excluding hydrogens is 552 g/mol. The van der Waals surface area contributed by atoms with E-state index in [2.05, 4.69) is 30.5 Å². The molecule has 2 fully saturated rings. The molecule has 2 aromatic carbocycles. The highest BCUT2D eigenvalue weighted by molar-refractivity contribution is 7.91. The first-order valence-corrected chi connectivity index (χ1v) is 15.2. The van der Waals surface area contributed by atoms with Gasteiger partial charge < -0.3 is 20.1 Å². The van der Waals surface area contributed by atoms with Gasteiger partial charge in [-0.1, -0.05) is 11.6 Å². The predicted molar refractivity (Wildman–Crippen MR) is 156 cm³/mol. The van der Waals surface area contributed by atoms with Gasteiger partial charge in [-0.25, -0.2) is 13.4 Å². The number of pyridine rings is 1. The molecule has 40 heavy (non-hydrogen) atoms. The Morgan fingerprint density at radius 2 is 1.77 bits per heavy atom. The predicted octanol–water partition coefficient (Wildman–Crippen LogP) is 4.81. The summed E-state index contributed by atoms with van der Waals surface area (Å²) in [6.07, 6.45) is 5.23.